The van der Waals surface area contributed by atoms with Gasteiger partial charge in [0.25, 0.3) is 0 Å². The van der Waals surface area contributed by atoms with Gasteiger partial charge in [0.2, 0.25) is 5.95 Å². The number of nitrogens with one attached hydrogen (secondary N) is 3. The molecular weight excluding hydrogens is 400 g/mol. The minimum atomic E-state index is 0.529. The largest absolute Gasteiger partial charge is 0.397 e. The third-order valence-corrected chi connectivity index (χ3v) is 4.72. The van der Waals surface area contributed by atoms with Crippen molar-refractivity contribution in [1.82, 2.24) is 24.9 Å². The zero-order valence-corrected chi connectivity index (χ0v) is 17.1. The highest BCUT2D eigenvalue weighted by Gasteiger charge is 2.15. The highest BCUT2D eigenvalue weighted by Crippen LogP contribution is 2.32. The molecule has 3 aromatic heterocycles. The van der Waals surface area contributed by atoms with Gasteiger partial charge in [0.15, 0.2) is 0 Å². The van der Waals surface area contributed by atoms with Gasteiger partial charge in [-0.2, -0.15) is 0 Å². The molecule has 4 aromatic rings. The summed E-state index contributed by atoms with van der Waals surface area (Å²) in [6.07, 6.45) is 6.87. The Morgan fingerprint density at radius 3 is 2.60 bits per heavy atom. The van der Waals surface area contributed by atoms with Gasteiger partial charge in [-0.3, -0.25) is 0 Å². The van der Waals surface area contributed by atoms with Gasteiger partial charge in [-0.15, -0.1) is 0 Å². The number of nitrogens with two attached hydrogens (primary N) is 1. The maximum atomic E-state index is 6.14. The molecule has 4 rings (SSSR count). The minimum Gasteiger partial charge on any atom is -0.397 e. The van der Waals surface area contributed by atoms with Crippen LogP contribution < -0.4 is 16.4 Å². The Bertz CT molecular complexity index is 1130. The van der Waals surface area contributed by atoms with Crippen molar-refractivity contribution >= 4 is 29.1 Å². The Morgan fingerprint density at radius 2 is 1.87 bits per heavy atom. The number of pyridine rings is 1. The molecular formula is C21H21ClN8. The lowest BCUT2D eigenvalue weighted by Gasteiger charge is -2.13. The smallest absolute Gasteiger partial charge is 0.223 e. The summed E-state index contributed by atoms with van der Waals surface area (Å²) < 4.78 is 0. The molecule has 0 bridgehead atoms. The number of hydrogen-bond acceptors (Lipinski definition) is 7. The van der Waals surface area contributed by atoms with E-state index in [1.807, 2.05) is 31.2 Å². The summed E-state index contributed by atoms with van der Waals surface area (Å²) in [6.45, 7) is 3.27. The Morgan fingerprint density at radius 1 is 1.00 bits per heavy atom. The highest BCUT2D eigenvalue weighted by atomic mass is 35.5. The van der Waals surface area contributed by atoms with Crippen LogP contribution in [0.2, 0.25) is 5.02 Å². The quantitative estimate of drug-likeness (QED) is 0.334. The van der Waals surface area contributed by atoms with Crippen LogP contribution in [-0.4, -0.2) is 38.0 Å². The average molecular weight is 421 g/mol. The Labute approximate surface area is 179 Å². The highest BCUT2D eigenvalue weighted by molar-refractivity contribution is 6.30. The van der Waals surface area contributed by atoms with E-state index in [0.717, 1.165) is 28.2 Å². The third-order valence-electron chi connectivity index (χ3n) is 4.49. The molecule has 0 saturated heterocycles. The molecule has 0 atom stereocenters. The number of anilines is 3. The van der Waals surface area contributed by atoms with Gasteiger partial charge in [0.05, 0.1) is 23.1 Å². The number of aromatic nitrogens is 5. The van der Waals surface area contributed by atoms with Gasteiger partial charge < -0.3 is 21.4 Å². The monoisotopic (exact) mass is 420 g/mol. The SMILES string of the molecule is Cc1cc(Cl)ccc1-c1nc(NCCNc2ccc(N)cn2)ncc1-c1ncc[nH]1. The number of H-pyrrole nitrogens is 1. The molecule has 30 heavy (non-hydrogen) atoms. The fraction of sp³-hybridized carbons (Fsp3) is 0.143. The van der Waals surface area contributed by atoms with Crippen LogP contribution in [0.1, 0.15) is 5.56 Å². The number of nitrogen functional groups attached to an aromatic ring is 1. The Balaban J connectivity index is 1.53. The van der Waals surface area contributed by atoms with Crippen molar-refractivity contribution in [2.75, 3.05) is 29.5 Å². The maximum Gasteiger partial charge on any atom is 0.223 e. The number of halogens is 1. The van der Waals surface area contributed by atoms with E-state index in [1.165, 1.54) is 0 Å². The van der Waals surface area contributed by atoms with Gasteiger partial charge in [0, 0.05) is 42.3 Å². The van der Waals surface area contributed by atoms with Gasteiger partial charge in [-0.25, -0.2) is 19.9 Å². The number of aromatic amines is 1. The maximum absolute atomic E-state index is 6.14. The average Bonchev–Trinajstić information content (AvgIpc) is 3.27. The van der Waals surface area contributed by atoms with Crippen molar-refractivity contribution in [3.8, 4) is 22.6 Å². The summed E-state index contributed by atoms with van der Waals surface area (Å²) in [5, 5.41) is 7.15. The lowest BCUT2D eigenvalue weighted by molar-refractivity contribution is 1.02. The van der Waals surface area contributed by atoms with Crippen molar-refractivity contribution in [3.63, 3.8) is 0 Å². The van der Waals surface area contributed by atoms with Crippen LogP contribution >= 0.6 is 11.6 Å². The number of benzene rings is 1. The van der Waals surface area contributed by atoms with Crippen molar-refractivity contribution in [3.05, 3.63) is 65.7 Å². The lowest BCUT2D eigenvalue weighted by Crippen LogP contribution is -2.16. The van der Waals surface area contributed by atoms with Crippen LogP contribution in [0.25, 0.3) is 22.6 Å². The number of nitrogens with zero attached hydrogens (tertiary/aromatic N) is 4. The Hall–Kier alpha value is -3.65. The van der Waals surface area contributed by atoms with Gasteiger partial charge in [0.1, 0.15) is 11.6 Å². The molecule has 9 heteroatoms. The fourth-order valence-electron chi connectivity index (χ4n) is 3.03. The summed E-state index contributed by atoms with van der Waals surface area (Å²) in [5.74, 6) is 2.00. The molecule has 0 aliphatic rings. The second kappa shape index (κ2) is 8.79. The van der Waals surface area contributed by atoms with Crippen LogP contribution in [-0.2, 0) is 0 Å². The first-order valence-corrected chi connectivity index (χ1v) is 9.80. The first-order valence-electron chi connectivity index (χ1n) is 9.43. The lowest BCUT2D eigenvalue weighted by atomic mass is 10.0. The van der Waals surface area contributed by atoms with Gasteiger partial charge in [-0.05, 0) is 36.8 Å². The van der Waals surface area contributed by atoms with Crippen LogP contribution in [0.15, 0.2) is 55.1 Å². The molecule has 8 nitrogen and oxygen atoms in total. The van der Waals surface area contributed by atoms with Crippen molar-refractivity contribution in [2.45, 2.75) is 6.92 Å². The molecule has 0 spiro atoms. The van der Waals surface area contributed by atoms with Crippen LogP contribution in [0.5, 0.6) is 0 Å². The van der Waals surface area contributed by atoms with Crippen LogP contribution in [0, 0.1) is 6.92 Å². The predicted octanol–water partition coefficient (Wildman–Crippen LogP) is 4.00. The second-order valence-corrected chi connectivity index (χ2v) is 7.12. The molecule has 1 aromatic carbocycles. The number of imidazole rings is 1. The van der Waals surface area contributed by atoms with E-state index < -0.39 is 0 Å². The molecule has 0 aliphatic carbocycles. The summed E-state index contributed by atoms with van der Waals surface area (Å²) in [6, 6.07) is 9.38. The summed E-state index contributed by atoms with van der Waals surface area (Å²) in [5.41, 5.74) is 9.88. The molecule has 3 heterocycles. The molecule has 0 unspecified atom stereocenters. The van der Waals surface area contributed by atoms with Crippen molar-refractivity contribution < 1.29 is 0 Å². The van der Waals surface area contributed by atoms with E-state index in [1.54, 1.807) is 30.9 Å². The zero-order chi connectivity index (χ0) is 20.9. The standard InChI is InChI=1S/C21H21ClN8/c1-13-10-14(22)2-4-16(13)19-17(20-25-7-8-26-20)12-29-21(30-19)27-9-6-24-18-5-3-15(23)11-28-18/h2-5,7-8,10-12H,6,9,23H2,1H3,(H,24,28)(H,25,26)(H,27,29,30). The molecule has 0 amide bonds. The van der Waals surface area contributed by atoms with E-state index in [0.29, 0.717) is 35.6 Å². The Kier molecular flexibility index (Phi) is 5.76. The predicted molar refractivity (Wildman–Crippen MR) is 120 cm³/mol. The zero-order valence-electron chi connectivity index (χ0n) is 16.4. The summed E-state index contributed by atoms with van der Waals surface area (Å²) in [7, 11) is 0. The first-order chi connectivity index (χ1) is 14.6. The number of hydrogen-bond donors (Lipinski definition) is 4. The molecule has 5 N–H and O–H groups in total. The van der Waals surface area contributed by atoms with Gasteiger partial charge >= 0.3 is 0 Å². The number of aryl methyl sites for hydroxylation is 1. The molecule has 0 aliphatic heterocycles. The normalized spacial score (nSPS) is 10.7. The van der Waals surface area contributed by atoms with E-state index in [9.17, 15) is 0 Å². The van der Waals surface area contributed by atoms with E-state index in [-0.39, 0.29) is 0 Å². The molecule has 152 valence electrons. The fourth-order valence-corrected chi connectivity index (χ4v) is 3.25. The minimum absolute atomic E-state index is 0.529. The summed E-state index contributed by atoms with van der Waals surface area (Å²) in [4.78, 5) is 20.9. The second-order valence-electron chi connectivity index (χ2n) is 6.68. The van der Waals surface area contributed by atoms with E-state index in [4.69, 9.17) is 22.3 Å². The third kappa shape index (κ3) is 4.49. The molecule has 0 radical (unpaired) electrons. The van der Waals surface area contributed by atoms with E-state index in [2.05, 4.69) is 30.6 Å². The topological polar surface area (TPSA) is 117 Å². The van der Waals surface area contributed by atoms with Gasteiger partial charge in [-0.1, -0.05) is 17.7 Å². The van der Waals surface area contributed by atoms with Crippen LogP contribution in [0.3, 0.4) is 0 Å². The van der Waals surface area contributed by atoms with Crippen molar-refractivity contribution in [2.24, 2.45) is 0 Å². The van der Waals surface area contributed by atoms with E-state index >= 15 is 0 Å². The van der Waals surface area contributed by atoms with Crippen LogP contribution in [0.4, 0.5) is 17.5 Å². The molecule has 0 saturated carbocycles. The number of rotatable bonds is 7. The van der Waals surface area contributed by atoms with Crippen molar-refractivity contribution in [1.29, 1.82) is 0 Å². The summed E-state index contributed by atoms with van der Waals surface area (Å²) >= 11 is 6.14. The molecule has 0 fully saturated rings. The first kappa shape index (κ1) is 19.7.